The zero-order valence-corrected chi connectivity index (χ0v) is 11.6. The molecule has 3 rings (SSSR count). The van der Waals surface area contributed by atoms with Crippen LogP contribution in [-0.2, 0) is 6.54 Å². The molecule has 1 unspecified atom stereocenters. The average molecular weight is 281 g/mol. The molecular weight excluding hydrogens is 260 g/mol. The number of halogens is 2. The Hall–Kier alpha value is -1.04. The Kier molecular flexibility index (Phi) is 4.29. The number of benzene rings is 1. The van der Waals surface area contributed by atoms with E-state index in [1.807, 2.05) is 0 Å². The molecule has 0 saturated carbocycles. The molecule has 5 heteroatoms. The smallest absolute Gasteiger partial charge is 0.130 e. The second-order valence-corrected chi connectivity index (χ2v) is 5.66. The minimum atomic E-state index is -0.438. The molecule has 3 nitrogen and oxygen atoms in total. The predicted molar refractivity (Wildman–Crippen MR) is 74.5 cm³/mol. The van der Waals surface area contributed by atoms with E-state index in [4.69, 9.17) is 0 Å². The van der Waals surface area contributed by atoms with Crippen LogP contribution in [0.4, 0.5) is 8.78 Å². The lowest BCUT2D eigenvalue weighted by Gasteiger charge is -2.37. The standard InChI is InChI=1S/C15H21F2N3/c16-14-2-1-3-15(17)13(14)11-19-6-8-20(9-7-19)12-4-5-18-10-12/h1-3,12,18H,4-11H2. The topological polar surface area (TPSA) is 18.5 Å². The highest BCUT2D eigenvalue weighted by Gasteiger charge is 2.26. The van der Waals surface area contributed by atoms with Crippen LogP contribution in [0.1, 0.15) is 12.0 Å². The van der Waals surface area contributed by atoms with Crippen molar-refractivity contribution < 1.29 is 8.78 Å². The summed E-state index contributed by atoms with van der Waals surface area (Å²) in [5, 5.41) is 3.38. The normalized spacial score (nSPS) is 25.2. The van der Waals surface area contributed by atoms with Gasteiger partial charge in [-0.15, -0.1) is 0 Å². The van der Waals surface area contributed by atoms with E-state index in [0.717, 1.165) is 39.3 Å². The van der Waals surface area contributed by atoms with Gasteiger partial charge in [-0.2, -0.15) is 0 Å². The Morgan fingerprint density at radius 1 is 1.10 bits per heavy atom. The summed E-state index contributed by atoms with van der Waals surface area (Å²) in [7, 11) is 0. The largest absolute Gasteiger partial charge is 0.315 e. The molecule has 0 bridgehead atoms. The van der Waals surface area contributed by atoms with Crippen LogP contribution in [0.5, 0.6) is 0 Å². The summed E-state index contributed by atoms with van der Waals surface area (Å²) in [4.78, 5) is 4.63. The number of hydrogen-bond acceptors (Lipinski definition) is 3. The molecule has 20 heavy (non-hydrogen) atoms. The molecule has 0 spiro atoms. The molecule has 1 aromatic carbocycles. The maximum Gasteiger partial charge on any atom is 0.130 e. The summed E-state index contributed by atoms with van der Waals surface area (Å²) < 4.78 is 27.3. The summed E-state index contributed by atoms with van der Waals surface area (Å²) in [5.41, 5.74) is 0.198. The SMILES string of the molecule is Fc1cccc(F)c1CN1CCN(C2CCNC2)CC1. The van der Waals surface area contributed by atoms with Crippen molar-refractivity contribution in [2.24, 2.45) is 0 Å². The van der Waals surface area contributed by atoms with Gasteiger partial charge >= 0.3 is 0 Å². The number of rotatable bonds is 3. The van der Waals surface area contributed by atoms with Crippen molar-refractivity contribution in [2.75, 3.05) is 39.3 Å². The van der Waals surface area contributed by atoms with E-state index in [9.17, 15) is 8.78 Å². The Morgan fingerprint density at radius 2 is 1.80 bits per heavy atom. The number of piperazine rings is 1. The van der Waals surface area contributed by atoms with E-state index in [0.29, 0.717) is 12.6 Å². The summed E-state index contributed by atoms with van der Waals surface area (Å²) in [6, 6.07) is 4.72. The predicted octanol–water partition coefficient (Wildman–Crippen LogP) is 1.44. The monoisotopic (exact) mass is 281 g/mol. The highest BCUT2D eigenvalue weighted by molar-refractivity contribution is 5.19. The third kappa shape index (κ3) is 3.00. The Balaban J connectivity index is 1.56. The fourth-order valence-corrected chi connectivity index (χ4v) is 3.14. The van der Waals surface area contributed by atoms with Crippen LogP contribution in [0, 0.1) is 11.6 Å². The van der Waals surface area contributed by atoms with Crippen molar-refractivity contribution in [2.45, 2.75) is 19.0 Å². The van der Waals surface area contributed by atoms with Gasteiger partial charge < -0.3 is 5.32 Å². The first kappa shape index (κ1) is 13.9. The van der Waals surface area contributed by atoms with Gasteiger partial charge in [0.25, 0.3) is 0 Å². The molecule has 2 fully saturated rings. The molecule has 0 aliphatic carbocycles. The maximum absolute atomic E-state index is 13.6. The first-order chi connectivity index (χ1) is 9.74. The van der Waals surface area contributed by atoms with Crippen LogP contribution < -0.4 is 5.32 Å². The lowest BCUT2D eigenvalue weighted by molar-refractivity contribution is 0.0966. The number of nitrogens with zero attached hydrogens (tertiary/aromatic N) is 2. The summed E-state index contributed by atoms with van der Waals surface area (Å²) >= 11 is 0. The van der Waals surface area contributed by atoms with Gasteiger partial charge in [0.2, 0.25) is 0 Å². The second kappa shape index (κ2) is 6.16. The molecule has 1 atom stereocenters. The van der Waals surface area contributed by atoms with Crippen LogP contribution in [0.15, 0.2) is 18.2 Å². The van der Waals surface area contributed by atoms with E-state index in [2.05, 4.69) is 15.1 Å². The highest BCUT2D eigenvalue weighted by Crippen LogP contribution is 2.17. The minimum Gasteiger partial charge on any atom is -0.315 e. The Bertz CT molecular complexity index is 432. The quantitative estimate of drug-likeness (QED) is 0.904. The van der Waals surface area contributed by atoms with E-state index in [1.165, 1.54) is 24.6 Å². The molecule has 0 radical (unpaired) electrons. The van der Waals surface area contributed by atoms with Crippen molar-refractivity contribution in [3.63, 3.8) is 0 Å². The van der Waals surface area contributed by atoms with Crippen molar-refractivity contribution in [1.29, 1.82) is 0 Å². The first-order valence-electron chi connectivity index (χ1n) is 7.34. The number of nitrogens with one attached hydrogen (secondary N) is 1. The van der Waals surface area contributed by atoms with E-state index < -0.39 is 11.6 Å². The Morgan fingerprint density at radius 3 is 2.40 bits per heavy atom. The van der Waals surface area contributed by atoms with Crippen molar-refractivity contribution >= 4 is 0 Å². The van der Waals surface area contributed by atoms with Crippen LogP contribution in [0.25, 0.3) is 0 Å². The van der Waals surface area contributed by atoms with Crippen LogP contribution >= 0.6 is 0 Å². The minimum absolute atomic E-state index is 0.198. The van der Waals surface area contributed by atoms with Crippen molar-refractivity contribution in [3.05, 3.63) is 35.4 Å². The van der Waals surface area contributed by atoms with Gasteiger partial charge in [0, 0.05) is 50.9 Å². The molecule has 2 heterocycles. The molecular formula is C15H21F2N3. The molecule has 1 aromatic rings. The third-order valence-electron chi connectivity index (χ3n) is 4.40. The average Bonchev–Trinajstić information content (AvgIpc) is 2.98. The fourth-order valence-electron chi connectivity index (χ4n) is 3.14. The van der Waals surface area contributed by atoms with Gasteiger partial charge in [0.1, 0.15) is 11.6 Å². The van der Waals surface area contributed by atoms with Gasteiger partial charge in [-0.25, -0.2) is 8.78 Å². The molecule has 2 aliphatic rings. The van der Waals surface area contributed by atoms with Crippen LogP contribution in [0.2, 0.25) is 0 Å². The molecule has 2 saturated heterocycles. The maximum atomic E-state index is 13.6. The summed E-state index contributed by atoms with van der Waals surface area (Å²) in [5.74, 6) is -0.875. The molecule has 2 aliphatic heterocycles. The van der Waals surface area contributed by atoms with Crippen molar-refractivity contribution in [3.8, 4) is 0 Å². The van der Waals surface area contributed by atoms with Gasteiger partial charge in [0.15, 0.2) is 0 Å². The lowest BCUT2D eigenvalue weighted by atomic mass is 10.1. The summed E-state index contributed by atoms with van der Waals surface area (Å²) in [6.45, 7) is 6.28. The molecule has 0 amide bonds. The number of hydrogen-bond donors (Lipinski definition) is 1. The zero-order chi connectivity index (χ0) is 13.9. The molecule has 0 aromatic heterocycles. The van der Waals surface area contributed by atoms with Gasteiger partial charge in [-0.3, -0.25) is 9.80 Å². The van der Waals surface area contributed by atoms with E-state index in [1.54, 1.807) is 0 Å². The third-order valence-corrected chi connectivity index (χ3v) is 4.40. The van der Waals surface area contributed by atoms with Crippen LogP contribution in [-0.4, -0.2) is 55.1 Å². The zero-order valence-electron chi connectivity index (χ0n) is 11.6. The lowest BCUT2D eigenvalue weighted by Crippen LogP contribution is -2.50. The second-order valence-electron chi connectivity index (χ2n) is 5.66. The van der Waals surface area contributed by atoms with Gasteiger partial charge in [0.05, 0.1) is 0 Å². The van der Waals surface area contributed by atoms with E-state index in [-0.39, 0.29) is 5.56 Å². The van der Waals surface area contributed by atoms with Gasteiger partial charge in [-0.1, -0.05) is 6.07 Å². The highest BCUT2D eigenvalue weighted by atomic mass is 19.1. The first-order valence-corrected chi connectivity index (χ1v) is 7.34. The van der Waals surface area contributed by atoms with Crippen molar-refractivity contribution in [1.82, 2.24) is 15.1 Å². The van der Waals surface area contributed by atoms with Gasteiger partial charge in [-0.05, 0) is 25.1 Å². The Labute approximate surface area is 118 Å². The van der Waals surface area contributed by atoms with E-state index >= 15 is 0 Å². The molecule has 1 N–H and O–H groups in total. The van der Waals surface area contributed by atoms with Crippen LogP contribution in [0.3, 0.4) is 0 Å². The molecule has 110 valence electrons. The summed E-state index contributed by atoms with van der Waals surface area (Å²) in [6.07, 6.45) is 1.21. The fraction of sp³-hybridized carbons (Fsp3) is 0.600.